The molecule has 6 nitrogen and oxygen atoms in total. The van der Waals surface area contributed by atoms with Gasteiger partial charge in [0.2, 0.25) is 11.0 Å². The Morgan fingerprint density at radius 2 is 2.23 bits per heavy atom. The predicted molar refractivity (Wildman–Crippen MR) is 105 cm³/mol. The summed E-state index contributed by atoms with van der Waals surface area (Å²) >= 11 is 5.04. The molecule has 3 aromatic rings. The van der Waals surface area contributed by atoms with Crippen LogP contribution < -0.4 is 10.1 Å². The number of fused-ring (bicyclic) bond motifs is 3. The maximum absolute atomic E-state index is 6.08. The number of nitrogens with one attached hydrogen (secondary N) is 1. The fourth-order valence-corrected chi connectivity index (χ4v) is 3.40. The molecule has 2 aromatic heterocycles. The number of hydrogen-bond acceptors (Lipinski definition) is 7. The van der Waals surface area contributed by atoms with E-state index in [4.69, 9.17) is 9.15 Å². The van der Waals surface area contributed by atoms with E-state index in [-0.39, 0.29) is 0 Å². The van der Waals surface area contributed by atoms with Crippen molar-refractivity contribution >= 4 is 39.5 Å². The minimum Gasteiger partial charge on any atom is -0.465 e. The van der Waals surface area contributed by atoms with Crippen molar-refractivity contribution in [2.75, 3.05) is 11.1 Å². The molecule has 0 radical (unpaired) electrons. The molecule has 0 unspecified atom stereocenters. The van der Waals surface area contributed by atoms with E-state index in [9.17, 15) is 0 Å². The standard InChI is InChI=1S/C18H15BrN4O2S/c1-2-26-18-21-17-16(22-23-18)13-10-11(19)5-7-14(13)20-15(25-17)8-6-12-4-3-9-24-12/h3-10,15,20H,2H2,1H3/b8-6+/t15-/m0/s1. The molecule has 132 valence electrons. The molecule has 1 aromatic carbocycles. The number of aromatic nitrogens is 3. The highest BCUT2D eigenvalue weighted by Crippen LogP contribution is 2.38. The first-order chi connectivity index (χ1) is 12.7. The number of halogens is 1. The Kier molecular flexibility index (Phi) is 4.94. The third-order valence-corrected chi connectivity index (χ3v) is 4.87. The van der Waals surface area contributed by atoms with Gasteiger partial charge in [-0.25, -0.2) is 0 Å². The number of anilines is 1. The third-order valence-electron chi connectivity index (χ3n) is 3.66. The van der Waals surface area contributed by atoms with Gasteiger partial charge in [-0.3, -0.25) is 0 Å². The van der Waals surface area contributed by atoms with Gasteiger partial charge in [-0.05, 0) is 48.2 Å². The molecule has 0 saturated carbocycles. The molecular formula is C18H15BrN4O2S. The van der Waals surface area contributed by atoms with Crippen molar-refractivity contribution in [2.24, 2.45) is 0 Å². The molecule has 8 heteroatoms. The summed E-state index contributed by atoms with van der Waals surface area (Å²) in [5, 5.41) is 12.5. The van der Waals surface area contributed by atoms with E-state index in [1.54, 1.807) is 6.26 Å². The average molecular weight is 431 g/mol. The highest BCUT2D eigenvalue weighted by molar-refractivity contribution is 9.10. The van der Waals surface area contributed by atoms with Crippen molar-refractivity contribution in [3.8, 4) is 17.1 Å². The van der Waals surface area contributed by atoms with Gasteiger partial charge in [0.1, 0.15) is 5.76 Å². The van der Waals surface area contributed by atoms with Crippen molar-refractivity contribution in [3.63, 3.8) is 0 Å². The summed E-state index contributed by atoms with van der Waals surface area (Å²) in [6.45, 7) is 2.05. The summed E-state index contributed by atoms with van der Waals surface area (Å²) < 4.78 is 12.4. The molecule has 4 rings (SSSR count). The van der Waals surface area contributed by atoms with Gasteiger partial charge in [0, 0.05) is 15.7 Å². The molecule has 0 bridgehead atoms. The van der Waals surface area contributed by atoms with Crippen LogP contribution in [0.2, 0.25) is 0 Å². The van der Waals surface area contributed by atoms with E-state index in [2.05, 4.69) is 36.4 Å². The second-order valence-corrected chi connectivity index (χ2v) is 7.58. The van der Waals surface area contributed by atoms with Crippen LogP contribution >= 0.6 is 27.7 Å². The first-order valence-electron chi connectivity index (χ1n) is 8.05. The van der Waals surface area contributed by atoms with E-state index in [1.807, 2.05) is 49.4 Å². The Labute approximate surface area is 163 Å². The van der Waals surface area contributed by atoms with Crippen molar-refractivity contribution in [3.05, 3.63) is 52.9 Å². The molecule has 1 atom stereocenters. The van der Waals surface area contributed by atoms with Crippen molar-refractivity contribution in [1.29, 1.82) is 0 Å². The Balaban J connectivity index is 1.76. The van der Waals surface area contributed by atoms with Crippen LogP contribution in [0.3, 0.4) is 0 Å². The number of ether oxygens (including phenoxy) is 1. The third kappa shape index (κ3) is 3.61. The number of rotatable bonds is 4. The van der Waals surface area contributed by atoms with Gasteiger partial charge in [-0.15, -0.1) is 10.2 Å². The first-order valence-corrected chi connectivity index (χ1v) is 9.83. The number of hydrogen-bond donors (Lipinski definition) is 1. The molecule has 0 fully saturated rings. The molecule has 1 aliphatic heterocycles. The molecule has 0 spiro atoms. The first kappa shape index (κ1) is 17.1. The molecule has 0 amide bonds. The van der Waals surface area contributed by atoms with E-state index in [1.165, 1.54) is 11.8 Å². The predicted octanol–water partition coefficient (Wildman–Crippen LogP) is 4.85. The number of thioether (sulfide) groups is 1. The van der Waals surface area contributed by atoms with E-state index < -0.39 is 6.23 Å². The molecular weight excluding hydrogens is 416 g/mol. The normalized spacial score (nSPS) is 15.7. The minimum absolute atomic E-state index is 0.419. The summed E-state index contributed by atoms with van der Waals surface area (Å²) in [6.07, 6.45) is 4.96. The molecule has 0 saturated heterocycles. The number of benzene rings is 1. The Morgan fingerprint density at radius 3 is 3.04 bits per heavy atom. The lowest BCUT2D eigenvalue weighted by Crippen LogP contribution is -2.23. The van der Waals surface area contributed by atoms with Crippen molar-refractivity contribution < 1.29 is 9.15 Å². The maximum Gasteiger partial charge on any atom is 0.247 e. The van der Waals surface area contributed by atoms with Crippen LogP contribution in [0.15, 0.2) is 56.7 Å². The van der Waals surface area contributed by atoms with E-state index in [0.29, 0.717) is 16.7 Å². The highest BCUT2D eigenvalue weighted by Gasteiger charge is 2.24. The molecule has 1 aliphatic rings. The van der Waals surface area contributed by atoms with Crippen LogP contribution in [0.1, 0.15) is 12.7 Å². The van der Waals surface area contributed by atoms with Crippen molar-refractivity contribution in [2.45, 2.75) is 18.3 Å². The Hall–Kier alpha value is -2.32. The molecule has 0 aliphatic carbocycles. The van der Waals surface area contributed by atoms with Gasteiger partial charge in [0.05, 0.1) is 6.26 Å². The van der Waals surface area contributed by atoms with Crippen LogP contribution in [-0.4, -0.2) is 27.2 Å². The molecule has 26 heavy (non-hydrogen) atoms. The highest BCUT2D eigenvalue weighted by atomic mass is 79.9. The van der Waals surface area contributed by atoms with Crippen LogP contribution in [0.4, 0.5) is 5.69 Å². The summed E-state index contributed by atoms with van der Waals surface area (Å²) in [5.74, 6) is 2.07. The zero-order valence-electron chi connectivity index (χ0n) is 13.8. The fourth-order valence-electron chi connectivity index (χ4n) is 2.54. The van der Waals surface area contributed by atoms with Crippen molar-refractivity contribution in [1.82, 2.24) is 15.2 Å². The SMILES string of the molecule is CCSc1nnc2c(n1)O[C@@H](/C=C/c1ccco1)Nc1ccc(Br)cc1-2. The van der Waals surface area contributed by atoms with E-state index in [0.717, 1.165) is 27.2 Å². The van der Waals surface area contributed by atoms with E-state index >= 15 is 0 Å². The lowest BCUT2D eigenvalue weighted by Gasteiger charge is -2.15. The lowest BCUT2D eigenvalue weighted by molar-refractivity contribution is 0.266. The van der Waals surface area contributed by atoms with Gasteiger partial charge in [0.15, 0.2) is 11.9 Å². The van der Waals surface area contributed by atoms with Gasteiger partial charge >= 0.3 is 0 Å². The van der Waals surface area contributed by atoms with Gasteiger partial charge in [-0.2, -0.15) is 4.98 Å². The monoisotopic (exact) mass is 430 g/mol. The van der Waals surface area contributed by atoms with Gasteiger partial charge in [0.25, 0.3) is 0 Å². The smallest absolute Gasteiger partial charge is 0.247 e. The summed E-state index contributed by atoms with van der Waals surface area (Å²) in [6, 6.07) is 9.64. The summed E-state index contributed by atoms with van der Waals surface area (Å²) in [7, 11) is 0. The lowest BCUT2D eigenvalue weighted by atomic mass is 10.1. The maximum atomic E-state index is 6.08. The summed E-state index contributed by atoms with van der Waals surface area (Å²) in [5.41, 5.74) is 2.40. The molecule has 1 N–H and O–H groups in total. The second-order valence-electron chi connectivity index (χ2n) is 5.43. The van der Waals surface area contributed by atoms with Crippen LogP contribution in [0.5, 0.6) is 5.88 Å². The molecule has 3 heterocycles. The van der Waals surface area contributed by atoms with Crippen LogP contribution in [-0.2, 0) is 0 Å². The van der Waals surface area contributed by atoms with Crippen LogP contribution in [0.25, 0.3) is 17.3 Å². The van der Waals surface area contributed by atoms with Gasteiger partial charge in [-0.1, -0.05) is 34.6 Å². The second kappa shape index (κ2) is 7.51. The fraction of sp³-hybridized carbons (Fsp3) is 0.167. The number of furan rings is 1. The minimum atomic E-state index is -0.419. The van der Waals surface area contributed by atoms with Gasteiger partial charge < -0.3 is 14.5 Å². The quantitative estimate of drug-likeness (QED) is 0.592. The Bertz CT molecular complexity index is 946. The average Bonchev–Trinajstić information content (AvgIpc) is 3.10. The van der Waals surface area contributed by atoms with Crippen LogP contribution in [0, 0.1) is 0 Å². The largest absolute Gasteiger partial charge is 0.465 e. The number of nitrogens with zero attached hydrogens (tertiary/aromatic N) is 3. The topological polar surface area (TPSA) is 73.1 Å². The zero-order valence-corrected chi connectivity index (χ0v) is 16.3. The summed E-state index contributed by atoms with van der Waals surface area (Å²) in [4.78, 5) is 4.54. The zero-order chi connectivity index (χ0) is 17.9. The Morgan fingerprint density at radius 1 is 1.31 bits per heavy atom.